The van der Waals surface area contributed by atoms with Gasteiger partial charge in [0.05, 0.1) is 19.5 Å². The van der Waals surface area contributed by atoms with Gasteiger partial charge in [0, 0.05) is 18.2 Å². The third-order valence-electron chi connectivity index (χ3n) is 6.24. The van der Waals surface area contributed by atoms with E-state index in [-0.39, 0.29) is 17.0 Å². The van der Waals surface area contributed by atoms with Gasteiger partial charge in [-0.1, -0.05) is 6.92 Å². The van der Waals surface area contributed by atoms with Crippen molar-refractivity contribution >= 4 is 44.6 Å². The molecule has 0 amide bonds. The fraction of sp³-hybridized carbons (Fsp3) is 0.667. The molecule has 2 aromatic rings. The number of phosphoric ester groups is 2. The lowest BCUT2D eigenvalue weighted by Crippen LogP contribution is -2.39. The largest absolute Gasteiger partial charge is 0.481 e. The molecule has 0 radical (unpaired) electrons. The predicted octanol–water partition coefficient (Wildman–Crippen LogP) is -2.23. The zero-order chi connectivity index (χ0) is 36.9. The van der Waals surface area contributed by atoms with E-state index >= 15 is 0 Å². The molecule has 4 heterocycles. The summed E-state index contributed by atoms with van der Waals surface area (Å²) in [6.45, 7) is -1.48. The zero-order valence-corrected chi connectivity index (χ0v) is 24.5. The van der Waals surface area contributed by atoms with E-state index in [1.165, 1.54) is 10.9 Å². The molecule has 2 saturated heterocycles. The normalized spacial score (nSPS) is 33.8. The molecule has 4 unspecified atom stereocenters. The number of aromatic nitrogens is 4. The fourth-order valence-corrected chi connectivity index (χ4v) is 6.31. The molecular weight excluding hydrogens is 656 g/mol. The van der Waals surface area contributed by atoms with Crippen LogP contribution in [0.15, 0.2) is 12.7 Å². The number of carbonyl (C=O) groups excluding carboxylic acids is 1. The van der Waals surface area contributed by atoms with Crippen molar-refractivity contribution in [2.75, 3.05) is 18.9 Å². The molecule has 0 aliphatic carbocycles. The molecular formula is C21H31N5O17P2. The molecule has 11 atom stereocenters. The van der Waals surface area contributed by atoms with E-state index in [0.717, 1.165) is 13.3 Å². The Morgan fingerprint density at radius 1 is 1.02 bits per heavy atom. The highest BCUT2D eigenvalue weighted by atomic mass is 31.3. The molecule has 4 rings (SSSR count). The van der Waals surface area contributed by atoms with Gasteiger partial charge in [0.1, 0.15) is 42.4 Å². The number of aliphatic hydroxyl groups excluding tert-OH is 4. The summed E-state index contributed by atoms with van der Waals surface area (Å²) in [4.78, 5) is 55.6. The maximum absolute atomic E-state index is 12.6. The number of nitrogens with zero attached hydrogens (tertiary/aromatic N) is 4. The Bertz CT molecular complexity index is 1660. The average molecular weight is 691 g/mol. The third-order valence-corrected chi connectivity index (χ3v) is 8.84. The van der Waals surface area contributed by atoms with E-state index in [2.05, 4.69) is 28.3 Å². The Morgan fingerprint density at radius 3 is 2.31 bits per heavy atom. The highest BCUT2D eigenvalue weighted by Crippen LogP contribution is 2.60. The Balaban J connectivity index is 1.35. The first-order chi connectivity index (χ1) is 22.5. The third kappa shape index (κ3) is 8.57. The number of esters is 1. The van der Waals surface area contributed by atoms with Crippen molar-refractivity contribution in [2.24, 2.45) is 5.92 Å². The first-order valence-electron chi connectivity index (χ1n) is 14.6. The number of hydrogen-bond acceptors (Lipinski definition) is 18. The van der Waals surface area contributed by atoms with Crippen LogP contribution in [0.2, 0.25) is 0 Å². The zero-order valence-electron chi connectivity index (χ0n) is 26.7. The Labute approximate surface area is 258 Å². The standard InChI is InChI=1S/C21H31N5O17P2/c1-8(2-11(27)28)3-12(29)42-17-10(41-21(33)16(17)32)5-39-45(36,37)43-44(34,35)38-4-9-14(30)15(31)20(40-9)26-7-25-13-18(22)23-6-24-19(13)26/h6-10,14-17,20-21,30-33H,2-5H2,1H3,(H,27,28)(H,34,35)(H,36,37)(H2,22,23,24)/t8?,9-,10-,14-,15-,16-,17-,20-,21?/m1/s1/i2D2,3D2. The number of anilines is 1. The van der Waals surface area contributed by atoms with Crippen LogP contribution in [0.3, 0.4) is 0 Å². The molecule has 2 aliphatic heterocycles. The predicted molar refractivity (Wildman–Crippen MR) is 141 cm³/mol. The molecule has 24 heteroatoms. The lowest BCUT2D eigenvalue weighted by atomic mass is 10.0. The minimum absolute atomic E-state index is 0.00479. The van der Waals surface area contributed by atoms with Crippen molar-refractivity contribution in [3.05, 3.63) is 12.7 Å². The SMILES string of the molecule is [2H]C([2H])(C(=O)O)C(C)C([2H])([2H])C(=O)O[C@@H]1[C@@H](COP(=O)(O)OP(=O)(O)OC[C@H]2O[C@@H](n3cnc4c(N)ncnc43)[C@H](O)[C@@H]2O)OC(O)[C@@H]1O. The van der Waals surface area contributed by atoms with Crippen molar-refractivity contribution < 1.29 is 87.1 Å². The number of nitrogen functional groups attached to an aromatic ring is 1. The van der Waals surface area contributed by atoms with Crippen LogP contribution < -0.4 is 5.73 Å². The maximum Gasteiger partial charge on any atom is 0.481 e. The van der Waals surface area contributed by atoms with Crippen molar-refractivity contribution in [1.82, 2.24) is 19.5 Å². The van der Waals surface area contributed by atoms with Crippen LogP contribution in [0.4, 0.5) is 5.82 Å². The smallest absolute Gasteiger partial charge is 0.481 e. The van der Waals surface area contributed by atoms with E-state index in [9.17, 15) is 48.9 Å². The van der Waals surface area contributed by atoms with Crippen LogP contribution >= 0.6 is 15.6 Å². The summed E-state index contributed by atoms with van der Waals surface area (Å²) in [6, 6.07) is 0. The number of aliphatic carboxylic acids is 1. The van der Waals surface area contributed by atoms with Crippen LogP contribution in [-0.4, -0.2) is 123 Å². The summed E-state index contributed by atoms with van der Waals surface area (Å²) < 4.78 is 85.5. The molecule has 22 nitrogen and oxygen atoms in total. The monoisotopic (exact) mass is 691 g/mol. The number of phosphoric acid groups is 2. The molecule has 2 aliphatic rings. The number of fused-ring (bicyclic) bond motifs is 1. The van der Waals surface area contributed by atoms with Crippen molar-refractivity contribution in [1.29, 1.82) is 0 Å². The van der Waals surface area contributed by atoms with Gasteiger partial charge in [-0.15, -0.1) is 0 Å². The van der Waals surface area contributed by atoms with Gasteiger partial charge in [0.25, 0.3) is 0 Å². The van der Waals surface area contributed by atoms with Gasteiger partial charge in [-0.3, -0.25) is 23.2 Å². The highest BCUT2D eigenvalue weighted by molar-refractivity contribution is 7.61. The van der Waals surface area contributed by atoms with E-state index < -0.39 is 109 Å². The minimum atomic E-state index is -5.62. The summed E-state index contributed by atoms with van der Waals surface area (Å²) in [5.74, 6) is -6.15. The molecule has 0 spiro atoms. The van der Waals surface area contributed by atoms with E-state index in [1.807, 2.05) is 0 Å². The van der Waals surface area contributed by atoms with Crippen LogP contribution in [0.5, 0.6) is 0 Å². The van der Waals surface area contributed by atoms with Gasteiger partial charge in [-0.25, -0.2) is 24.1 Å². The summed E-state index contributed by atoms with van der Waals surface area (Å²) >= 11 is 0. The number of rotatable bonds is 14. The number of ether oxygens (including phenoxy) is 3. The molecule has 2 aromatic heterocycles. The molecule has 45 heavy (non-hydrogen) atoms. The van der Waals surface area contributed by atoms with Crippen LogP contribution in [0.25, 0.3) is 11.2 Å². The number of carboxylic acids is 1. The number of hydrogen-bond donors (Lipinski definition) is 8. The number of nitrogens with two attached hydrogens (primary N) is 1. The van der Waals surface area contributed by atoms with Gasteiger partial charge in [0.15, 0.2) is 30.1 Å². The number of carboxylic acid groups (broad SMARTS) is 1. The van der Waals surface area contributed by atoms with E-state index in [0.29, 0.717) is 0 Å². The first-order valence-corrected chi connectivity index (χ1v) is 15.6. The fourth-order valence-electron chi connectivity index (χ4n) is 4.22. The molecule has 9 N–H and O–H groups in total. The summed E-state index contributed by atoms with van der Waals surface area (Å²) in [5, 5.41) is 50.0. The van der Waals surface area contributed by atoms with Crippen molar-refractivity contribution in [3.8, 4) is 0 Å². The average Bonchev–Trinajstić information content (AvgIpc) is 3.64. The maximum atomic E-state index is 12.6. The Hall–Kier alpha value is -2.69. The second kappa shape index (κ2) is 14.0. The molecule has 0 aromatic carbocycles. The van der Waals surface area contributed by atoms with Crippen molar-refractivity contribution in [2.45, 2.75) is 68.8 Å². The lowest BCUT2D eigenvalue weighted by Gasteiger charge is -2.22. The van der Waals surface area contributed by atoms with Gasteiger partial charge in [-0.2, -0.15) is 4.31 Å². The van der Waals surface area contributed by atoms with Crippen LogP contribution in [-0.2, 0) is 46.3 Å². The van der Waals surface area contributed by atoms with E-state index in [1.54, 1.807) is 0 Å². The molecule has 2 fully saturated rings. The molecule has 0 bridgehead atoms. The Kier molecular flexibility index (Phi) is 9.22. The summed E-state index contributed by atoms with van der Waals surface area (Å²) in [7, 11) is -11.2. The topological polar surface area (TPSA) is 335 Å². The second-order valence-corrected chi connectivity index (χ2v) is 12.5. The van der Waals surface area contributed by atoms with Crippen LogP contribution in [0, 0.1) is 5.92 Å². The number of carbonyl (C=O) groups is 2. The van der Waals surface area contributed by atoms with Gasteiger partial charge in [-0.05, 0) is 5.92 Å². The minimum Gasteiger partial charge on any atom is -0.481 e. The first kappa shape index (κ1) is 29.7. The van der Waals surface area contributed by atoms with Gasteiger partial charge >= 0.3 is 27.6 Å². The summed E-state index contributed by atoms with van der Waals surface area (Å²) in [5.41, 5.74) is 5.98. The number of imidazole rings is 1. The molecule has 0 saturated carbocycles. The molecule has 252 valence electrons. The second-order valence-electron chi connectivity index (χ2n) is 9.48. The van der Waals surface area contributed by atoms with Gasteiger partial charge in [0.2, 0.25) is 0 Å². The van der Waals surface area contributed by atoms with Gasteiger partial charge < -0.3 is 55.3 Å². The van der Waals surface area contributed by atoms with Crippen LogP contribution in [0.1, 0.15) is 31.4 Å². The quantitative estimate of drug-likeness (QED) is 0.0767. The summed E-state index contributed by atoms with van der Waals surface area (Å²) in [6.07, 6.45) is -18.8. The highest BCUT2D eigenvalue weighted by Gasteiger charge is 2.49. The van der Waals surface area contributed by atoms with Crippen molar-refractivity contribution in [3.63, 3.8) is 0 Å². The lowest BCUT2D eigenvalue weighted by molar-refractivity contribution is -0.157. The Morgan fingerprint density at radius 2 is 1.67 bits per heavy atom. The number of aliphatic hydroxyl groups is 4. The van der Waals surface area contributed by atoms with E-state index in [4.69, 9.17) is 30.5 Å².